The predicted octanol–water partition coefficient (Wildman–Crippen LogP) is -5.22. The van der Waals surface area contributed by atoms with Crippen LogP contribution in [0.2, 0.25) is 0 Å². The van der Waals surface area contributed by atoms with Gasteiger partial charge in [-0.25, -0.2) is 0 Å². The zero-order valence-corrected chi connectivity index (χ0v) is 76.1. The van der Waals surface area contributed by atoms with Crippen LogP contribution in [-0.4, -0.2) is 299 Å². The number of aliphatic hydroxyl groups is 4. The normalized spacial score (nSPS) is 15.3. The molecular weight excluding hydrogens is 1770 g/mol. The largest absolute Gasteiger partial charge is 0.508 e. The van der Waals surface area contributed by atoms with Crippen LogP contribution in [0.25, 0.3) is 0 Å². The maximum Gasteiger partial charge on any atom is 0.305 e. The second-order valence-electron chi connectivity index (χ2n) is 33.6. The third-order valence-corrected chi connectivity index (χ3v) is 21.7. The number of carbonyl (C=O) groups excluding carboxylic acids is 17. The van der Waals surface area contributed by atoms with Crippen molar-refractivity contribution in [2.75, 3.05) is 39.4 Å². The molecule has 46 nitrogen and oxygen atoms in total. The first-order chi connectivity index (χ1) is 63.6. The van der Waals surface area contributed by atoms with E-state index < -0.39 is 279 Å². The number of hydrogen-bond acceptors (Lipinski definition) is 27. The summed E-state index contributed by atoms with van der Waals surface area (Å²) in [5, 5.41) is 128. The smallest absolute Gasteiger partial charge is 0.305 e. The lowest BCUT2D eigenvalue weighted by molar-refractivity contribution is -0.144. The van der Waals surface area contributed by atoms with E-state index in [9.17, 15) is 142 Å². The molecule has 0 unspecified atom stereocenters. The van der Waals surface area contributed by atoms with Crippen molar-refractivity contribution in [3.63, 3.8) is 0 Å². The molecule has 46 heteroatoms. The Hall–Kier alpha value is -14.1. The zero-order valence-electron chi connectivity index (χ0n) is 76.1. The fourth-order valence-electron chi connectivity index (χ4n) is 13.7. The molecule has 0 radical (unpaired) electrons. The van der Waals surface area contributed by atoms with E-state index in [2.05, 4.69) is 79.8 Å². The summed E-state index contributed by atoms with van der Waals surface area (Å²) >= 11 is 0. The number of phenols is 2. The maximum absolute atomic E-state index is 14.7. The molecule has 5 rings (SSSR count). The molecule has 4 aromatic carbocycles. The number of benzene rings is 4. The van der Waals surface area contributed by atoms with E-state index in [4.69, 9.17) is 5.73 Å². The van der Waals surface area contributed by atoms with Gasteiger partial charge in [-0.3, -0.25) is 101 Å². The molecule has 26 N–H and O–H groups in total. The maximum atomic E-state index is 14.7. The number of rotatable bonds is 57. The van der Waals surface area contributed by atoms with Crippen molar-refractivity contribution in [2.45, 2.75) is 230 Å². The van der Waals surface area contributed by atoms with Gasteiger partial charge in [0.05, 0.1) is 55.9 Å². The van der Waals surface area contributed by atoms with Crippen LogP contribution in [0, 0.1) is 17.3 Å². The van der Waals surface area contributed by atoms with Gasteiger partial charge in [0, 0.05) is 44.8 Å². The minimum absolute atomic E-state index is 0.0832. The summed E-state index contributed by atoms with van der Waals surface area (Å²) < 4.78 is 0. The van der Waals surface area contributed by atoms with Crippen molar-refractivity contribution < 1.29 is 142 Å². The lowest BCUT2D eigenvalue weighted by Crippen LogP contribution is -2.63. The number of unbranched alkanes of at least 4 members (excludes halogenated alkanes) is 1. The Morgan fingerprint density at radius 2 is 0.785 bits per heavy atom. The summed E-state index contributed by atoms with van der Waals surface area (Å²) in [7, 11) is 0. The number of aliphatic carboxylic acids is 3. The number of carboxylic acids is 3. The number of nitrogens with zero attached hydrogens (tertiary/aromatic N) is 1. The monoisotopic (exact) mass is 1890 g/mol. The number of phenolic OH excluding ortho intramolecular Hbond substituents is 2. The molecular formula is C89H123N17O29. The van der Waals surface area contributed by atoms with E-state index in [1.807, 2.05) is 0 Å². The van der Waals surface area contributed by atoms with Crippen LogP contribution in [-0.2, 0) is 106 Å². The van der Waals surface area contributed by atoms with E-state index in [0.29, 0.717) is 36.9 Å². The van der Waals surface area contributed by atoms with Gasteiger partial charge in [-0.05, 0) is 132 Å². The first kappa shape index (κ1) is 111. The minimum atomic E-state index is -2.24. The van der Waals surface area contributed by atoms with Crippen LogP contribution in [0.1, 0.15) is 158 Å². The van der Waals surface area contributed by atoms with Gasteiger partial charge in [0.2, 0.25) is 88.6 Å². The highest BCUT2D eigenvalue weighted by molar-refractivity contribution is 6.21. The molecule has 0 saturated heterocycles. The Bertz CT molecular complexity index is 4810. The van der Waals surface area contributed by atoms with Gasteiger partial charge >= 0.3 is 17.9 Å². The molecule has 135 heavy (non-hydrogen) atoms. The van der Waals surface area contributed by atoms with Gasteiger partial charge < -0.3 is 131 Å². The number of fused-ring (bicyclic) bond motifs is 1. The molecule has 0 aliphatic carbocycles. The second-order valence-corrected chi connectivity index (χ2v) is 33.6. The molecule has 0 aromatic heterocycles. The molecule has 0 fully saturated rings. The summed E-state index contributed by atoms with van der Waals surface area (Å²) in [6.45, 7) is 8.77. The summed E-state index contributed by atoms with van der Waals surface area (Å²) in [5.41, 5.74) is 4.77. The Balaban J connectivity index is 1.30. The number of imide groups is 1. The fraction of sp³-hybridized carbons (Fsp3) is 0.506. The average molecular weight is 1900 g/mol. The Labute approximate surface area is 776 Å². The SMILES string of the molecule is CC[C@H](C)[C@H](NC(=O)[C@H](CO)NC(=O)[C@H](Cc1ccc(O)cc1)NC(=O)[C@H](CC(=O)O)NC(=O)[C@H](CO)NC(=O)[C@@H](NC(=O)[C@H](Cc1ccccc1)NC(=O)[C@@H](NC(=O)CNC(=O)[C@H](CCC(=O)O)NC(=O)C(C)(C)C(=O)NCCN1C(=O)c2ccccc2C1=O)[C@@H](C)O)[C@@H](C)O)C(=O)N[C@@H](Cc1ccc(O)cc1)C(=O)N[C@@H](CC(C)C)C(=O)N[C@@H](CC(=O)O)C(=O)N[C@H](C)CCCCN. The molecule has 0 spiro atoms. The molecule has 738 valence electrons. The summed E-state index contributed by atoms with van der Waals surface area (Å²) in [6.07, 6.45) is -6.71. The van der Waals surface area contributed by atoms with E-state index in [1.54, 1.807) is 45.9 Å². The highest BCUT2D eigenvalue weighted by Crippen LogP contribution is 2.24. The van der Waals surface area contributed by atoms with Crippen molar-refractivity contribution in [1.82, 2.24) is 84.7 Å². The lowest BCUT2D eigenvalue weighted by Gasteiger charge is -2.30. The van der Waals surface area contributed by atoms with E-state index in [1.165, 1.54) is 91.9 Å². The highest BCUT2D eigenvalue weighted by Gasteiger charge is 2.43. The number of carbonyl (C=O) groups is 20. The Morgan fingerprint density at radius 3 is 1.24 bits per heavy atom. The van der Waals surface area contributed by atoms with Gasteiger partial charge in [-0.2, -0.15) is 0 Å². The van der Waals surface area contributed by atoms with Gasteiger partial charge in [-0.15, -0.1) is 0 Å². The molecule has 17 amide bonds. The zero-order chi connectivity index (χ0) is 101. The number of carboxylic acid groups (broad SMARTS) is 3. The van der Waals surface area contributed by atoms with Gasteiger partial charge in [0.15, 0.2) is 0 Å². The van der Waals surface area contributed by atoms with Crippen molar-refractivity contribution in [3.8, 4) is 11.5 Å². The van der Waals surface area contributed by atoms with Gasteiger partial charge in [0.1, 0.15) is 89.4 Å². The second kappa shape index (κ2) is 54.2. The number of aliphatic hydroxyl groups excluding tert-OH is 4. The number of amides is 17. The third-order valence-electron chi connectivity index (χ3n) is 21.7. The van der Waals surface area contributed by atoms with E-state index in [-0.39, 0.29) is 66.5 Å². The van der Waals surface area contributed by atoms with Crippen molar-refractivity contribution in [3.05, 3.63) is 131 Å². The summed E-state index contributed by atoms with van der Waals surface area (Å²) in [6, 6.07) is 1.32. The summed E-state index contributed by atoms with van der Waals surface area (Å²) in [5.74, 6) is -25.2. The molecule has 4 aromatic rings. The lowest BCUT2D eigenvalue weighted by atomic mass is 9.90. The third kappa shape index (κ3) is 35.7. The highest BCUT2D eigenvalue weighted by atomic mass is 16.4. The number of nitrogens with two attached hydrogens (primary N) is 1. The van der Waals surface area contributed by atoms with Gasteiger partial charge in [-0.1, -0.05) is 107 Å². The van der Waals surface area contributed by atoms with Gasteiger partial charge in [0.25, 0.3) is 11.8 Å². The van der Waals surface area contributed by atoms with Crippen LogP contribution in [0.15, 0.2) is 103 Å². The number of aromatic hydroxyl groups is 2. The van der Waals surface area contributed by atoms with Crippen LogP contribution in [0.5, 0.6) is 11.5 Å². The number of nitrogens with one attached hydrogen (secondary N) is 15. The summed E-state index contributed by atoms with van der Waals surface area (Å²) in [4.78, 5) is 274. The molecule has 0 saturated carbocycles. The molecule has 0 bridgehead atoms. The van der Waals surface area contributed by atoms with Crippen LogP contribution in [0.3, 0.4) is 0 Å². The predicted molar refractivity (Wildman–Crippen MR) is 477 cm³/mol. The number of hydrogen-bond donors (Lipinski definition) is 25. The molecule has 16 atom stereocenters. The molecule has 1 aliphatic rings. The topological polar surface area (TPSA) is 733 Å². The Morgan fingerprint density at radius 1 is 0.400 bits per heavy atom. The fourth-order valence-corrected chi connectivity index (χ4v) is 13.7. The van der Waals surface area contributed by atoms with E-state index >= 15 is 0 Å². The minimum Gasteiger partial charge on any atom is -0.508 e. The first-order valence-corrected chi connectivity index (χ1v) is 43.6. The van der Waals surface area contributed by atoms with E-state index in [0.717, 1.165) is 32.6 Å². The first-order valence-electron chi connectivity index (χ1n) is 43.6. The van der Waals surface area contributed by atoms with Crippen LogP contribution < -0.4 is 85.5 Å². The van der Waals surface area contributed by atoms with Crippen molar-refractivity contribution in [1.29, 1.82) is 0 Å². The van der Waals surface area contributed by atoms with Crippen LogP contribution in [0.4, 0.5) is 0 Å². The van der Waals surface area contributed by atoms with Crippen molar-refractivity contribution in [2.24, 2.45) is 23.0 Å². The Kier molecular flexibility index (Phi) is 44.7. The quantitative estimate of drug-likeness (QED) is 0.0112. The molecule has 1 aliphatic heterocycles. The average Bonchev–Trinajstić information content (AvgIpc) is 1.63. The van der Waals surface area contributed by atoms with Crippen LogP contribution >= 0.6 is 0 Å². The van der Waals surface area contributed by atoms with Crippen molar-refractivity contribution >= 4 is 118 Å². The molecule has 1 heterocycles. The standard InChI is InChI=1S/C89H123N17O29/c1-10-46(4)70(82(129)98-60(39-52-25-29-54(112)30-26-52)76(123)94-58(36-45(2)3)75(122)96-62(40-68(116)117)74(121)93-47(5)18-16-17-33-90)104-81(128)65(44-108)100-77(124)59(38-51-23-27-53(111)28-24-51)95-78(125)63(41-69(118)119)97-80(127)64(43-107)101-84(131)72(49(7)110)105-79(126)61(37-50-19-12-11-13-20-50)99-83(130)71(48(6)109)103-66(113)42-92-73(120)57(31-32-67(114)115)102-88(135)89(8,9)87(134)91-34-35-106-85(132)55-21-14-15-22-56(55)86(106)133/h11-15,19-30,45-49,57-65,70-72,107-112H,10,16-18,31-44,90H2,1-9H3,(H,91,134)(H,92,120)(H,93,121)(H,94,123)(H,95,125)(H,96,122)(H,97,127)(H,98,129)(H,99,130)(H,100,124)(H,101,131)(H,102,135)(H,103,113)(H,104,128)(H,105,126)(H,114,115)(H,116,117)(H,118,119)/t46-,47+,48+,49+,57-,58-,59-,60-,61-,62-,63-,64-,65-,70-,71-,72-/m0/s1.